The molecule has 96 valence electrons. The van der Waals surface area contributed by atoms with Crippen molar-refractivity contribution in [1.29, 1.82) is 0 Å². The van der Waals surface area contributed by atoms with E-state index < -0.39 is 35.3 Å². The van der Waals surface area contributed by atoms with E-state index in [9.17, 15) is 28.0 Å². The van der Waals surface area contributed by atoms with Crippen LogP contribution in [0.15, 0.2) is 23.8 Å². The van der Waals surface area contributed by atoms with Crippen LogP contribution in [-0.4, -0.2) is 47.5 Å². The maximum atomic E-state index is 12.1. The van der Waals surface area contributed by atoms with Gasteiger partial charge >= 0.3 is 0 Å². The summed E-state index contributed by atoms with van der Waals surface area (Å²) >= 11 is 0. The predicted molar refractivity (Wildman–Crippen MR) is 53.9 cm³/mol. The maximum Gasteiger partial charge on any atom is 0.289 e. The number of imide groups is 2. The zero-order valence-corrected chi connectivity index (χ0v) is 9.44. The topological polar surface area (TPSA) is 74.8 Å². The average Bonchev–Trinajstić information content (AvgIpc) is 2.66. The Kier molecular flexibility index (Phi) is 3.70. The molecule has 2 heterocycles. The van der Waals surface area contributed by atoms with Crippen molar-refractivity contribution in [3.8, 4) is 0 Å². The van der Waals surface area contributed by atoms with E-state index >= 15 is 0 Å². The first-order valence-corrected chi connectivity index (χ1v) is 4.64. The van der Waals surface area contributed by atoms with Crippen LogP contribution < -0.4 is 0 Å². The summed E-state index contributed by atoms with van der Waals surface area (Å²) in [6, 6.07) is 0. The zero-order valence-electron chi connectivity index (χ0n) is 9.44. The monoisotopic (exact) mass is 258 g/mol. The molecule has 0 atom stereocenters. The Labute approximate surface area is 100 Å². The standard InChI is InChI=1S/2C5H4FNO2/c2*1-7-4(8)2-3(6)5(7)9/h2*2H,1H3. The van der Waals surface area contributed by atoms with Gasteiger partial charge in [0, 0.05) is 26.2 Å². The first-order valence-electron chi connectivity index (χ1n) is 4.64. The van der Waals surface area contributed by atoms with Crippen LogP contribution in [-0.2, 0) is 19.2 Å². The van der Waals surface area contributed by atoms with Gasteiger partial charge in [-0.05, 0) is 0 Å². The Morgan fingerprint density at radius 2 is 1.06 bits per heavy atom. The molecular formula is C10H8F2N2O4. The van der Waals surface area contributed by atoms with Gasteiger partial charge in [-0.25, -0.2) is 8.78 Å². The molecule has 0 saturated carbocycles. The first-order chi connectivity index (χ1) is 8.25. The van der Waals surface area contributed by atoms with Crippen LogP contribution in [0.25, 0.3) is 0 Å². The Morgan fingerprint density at radius 1 is 0.778 bits per heavy atom. The van der Waals surface area contributed by atoms with E-state index in [0.29, 0.717) is 12.2 Å². The van der Waals surface area contributed by atoms with E-state index in [1.54, 1.807) is 0 Å². The molecule has 0 spiro atoms. The van der Waals surface area contributed by atoms with E-state index in [1.165, 1.54) is 14.1 Å². The van der Waals surface area contributed by atoms with Crippen LogP contribution in [0.5, 0.6) is 0 Å². The maximum absolute atomic E-state index is 12.1. The number of hydrogen-bond acceptors (Lipinski definition) is 4. The third kappa shape index (κ3) is 2.47. The van der Waals surface area contributed by atoms with Gasteiger partial charge in [-0.3, -0.25) is 29.0 Å². The quantitative estimate of drug-likeness (QED) is 0.558. The highest BCUT2D eigenvalue weighted by Crippen LogP contribution is 2.10. The minimum atomic E-state index is -0.984. The van der Waals surface area contributed by atoms with Gasteiger partial charge in [0.25, 0.3) is 23.6 Å². The van der Waals surface area contributed by atoms with E-state index in [-0.39, 0.29) is 0 Å². The fourth-order valence-electron chi connectivity index (χ4n) is 1.05. The molecule has 0 bridgehead atoms. The summed E-state index contributed by atoms with van der Waals surface area (Å²) in [5.41, 5.74) is 0. The van der Waals surface area contributed by atoms with Gasteiger partial charge in [0.1, 0.15) is 0 Å². The lowest BCUT2D eigenvalue weighted by Crippen LogP contribution is -2.25. The fourth-order valence-corrected chi connectivity index (χ4v) is 1.05. The molecule has 2 aliphatic rings. The molecule has 0 aromatic heterocycles. The summed E-state index contributed by atoms with van der Waals surface area (Å²) in [6.45, 7) is 0. The molecule has 2 aliphatic heterocycles. The summed E-state index contributed by atoms with van der Waals surface area (Å²) in [4.78, 5) is 43.0. The number of hydrogen-bond donors (Lipinski definition) is 0. The molecule has 0 N–H and O–H groups in total. The normalized spacial score (nSPS) is 18.9. The van der Waals surface area contributed by atoms with E-state index in [2.05, 4.69) is 0 Å². The van der Waals surface area contributed by atoms with E-state index in [1.807, 2.05) is 0 Å². The summed E-state index contributed by atoms with van der Waals surface area (Å²) in [5.74, 6) is -4.89. The molecule has 0 aliphatic carbocycles. The van der Waals surface area contributed by atoms with Crippen molar-refractivity contribution in [3.63, 3.8) is 0 Å². The van der Waals surface area contributed by atoms with Crippen LogP contribution in [0.3, 0.4) is 0 Å². The van der Waals surface area contributed by atoms with Gasteiger partial charge in [0.05, 0.1) is 0 Å². The molecule has 0 unspecified atom stereocenters. The minimum absolute atomic E-state index is 0.600. The second kappa shape index (κ2) is 4.86. The molecule has 0 aromatic carbocycles. The van der Waals surface area contributed by atoms with Crippen molar-refractivity contribution in [3.05, 3.63) is 23.8 Å². The molecule has 0 aromatic rings. The third-order valence-electron chi connectivity index (χ3n) is 2.18. The van der Waals surface area contributed by atoms with Gasteiger partial charge in [0.2, 0.25) is 0 Å². The van der Waals surface area contributed by atoms with Crippen molar-refractivity contribution < 1.29 is 28.0 Å². The van der Waals surface area contributed by atoms with Gasteiger partial charge < -0.3 is 0 Å². The van der Waals surface area contributed by atoms with Crippen molar-refractivity contribution in [2.45, 2.75) is 0 Å². The van der Waals surface area contributed by atoms with Crippen LogP contribution in [0, 0.1) is 0 Å². The lowest BCUT2D eigenvalue weighted by molar-refractivity contribution is -0.137. The Bertz CT molecular complexity index is 464. The summed E-state index contributed by atoms with van der Waals surface area (Å²) < 4.78 is 24.1. The first kappa shape index (κ1) is 13.7. The Hall–Kier alpha value is -2.38. The number of carbonyl (C=O) groups excluding carboxylic acids is 4. The zero-order chi connectivity index (χ0) is 14.0. The second-order valence-electron chi connectivity index (χ2n) is 3.39. The summed E-state index contributed by atoms with van der Waals surface area (Å²) in [5, 5.41) is 0. The molecule has 6 nitrogen and oxygen atoms in total. The van der Waals surface area contributed by atoms with E-state index in [0.717, 1.165) is 9.80 Å². The smallest absolute Gasteiger partial charge is 0.276 e. The number of nitrogens with zero attached hydrogens (tertiary/aromatic N) is 2. The van der Waals surface area contributed by atoms with E-state index in [4.69, 9.17) is 0 Å². The molecular weight excluding hydrogens is 250 g/mol. The third-order valence-corrected chi connectivity index (χ3v) is 2.18. The molecule has 0 saturated heterocycles. The van der Waals surface area contributed by atoms with Crippen LogP contribution in [0.2, 0.25) is 0 Å². The Morgan fingerprint density at radius 3 is 1.11 bits per heavy atom. The summed E-state index contributed by atoms with van der Waals surface area (Å²) in [7, 11) is 2.46. The minimum Gasteiger partial charge on any atom is -0.276 e. The molecule has 2 rings (SSSR count). The molecule has 8 heteroatoms. The largest absolute Gasteiger partial charge is 0.289 e. The van der Waals surface area contributed by atoms with Gasteiger partial charge in [-0.2, -0.15) is 0 Å². The lowest BCUT2D eigenvalue weighted by atomic mass is 10.5. The second-order valence-corrected chi connectivity index (χ2v) is 3.39. The SMILES string of the molecule is CN1C(=O)C=C(F)C1=O.CN1C(=O)C=C(F)C1=O. The highest BCUT2D eigenvalue weighted by Gasteiger charge is 2.27. The molecule has 18 heavy (non-hydrogen) atoms. The Balaban J connectivity index is 0.000000180. The molecule has 0 fully saturated rings. The van der Waals surface area contributed by atoms with Crippen LogP contribution in [0.4, 0.5) is 8.78 Å². The number of halogens is 2. The molecule has 4 amide bonds. The van der Waals surface area contributed by atoms with Crippen molar-refractivity contribution in [2.24, 2.45) is 0 Å². The van der Waals surface area contributed by atoms with Gasteiger partial charge in [-0.1, -0.05) is 0 Å². The fraction of sp³-hybridized carbons (Fsp3) is 0.200. The number of rotatable bonds is 0. The predicted octanol–water partition coefficient (Wildman–Crippen LogP) is -0.323. The number of carbonyl (C=O) groups is 4. The number of likely N-dealkylation sites (N-methyl/N-ethyl adjacent to an activating group) is 2. The van der Waals surface area contributed by atoms with Gasteiger partial charge in [0.15, 0.2) is 11.7 Å². The van der Waals surface area contributed by atoms with Crippen LogP contribution >= 0.6 is 0 Å². The van der Waals surface area contributed by atoms with Crippen molar-refractivity contribution in [2.75, 3.05) is 14.1 Å². The van der Waals surface area contributed by atoms with Crippen molar-refractivity contribution >= 4 is 23.6 Å². The summed E-state index contributed by atoms with van der Waals surface area (Å²) in [6.07, 6.45) is 1.34. The highest BCUT2D eigenvalue weighted by molar-refractivity contribution is 6.15. The van der Waals surface area contributed by atoms with Crippen molar-refractivity contribution in [1.82, 2.24) is 9.80 Å². The highest BCUT2D eigenvalue weighted by atomic mass is 19.1. The lowest BCUT2D eigenvalue weighted by Gasteiger charge is -2.01. The molecule has 0 radical (unpaired) electrons. The average molecular weight is 258 g/mol. The number of amides is 4. The van der Waals surface area contributed by atoms with Gasteiger partial charge in [-0.15, -0.1) is 0 Å². The van der Waals surface area contributed by atoms with Crippen LogP contribution in [0.1, 0.15) is 0 Å².